The highest BCUT2D eigenvalue weighted by Gasteiger charge is 2.12. The number of nitrogens with one attached hydrogen (secondary N) is 1. The smallest absolute Gasteiger partial charge is 0.328 e. The van der Waals surface area contributed by atoms with Crippen LogP contribution < -0.4 is 15.0 Å². The predicted octanol–water partition coefficient (Wildman–Crippen LogP) is 3.08. The van der Waals surface area contributed by atoms with Crippen molar-refractivity contribution in [2.45, 2.75) is 0 Å². The normalized spacial score (nSPS) is 10.2. The molecule has 1 N–H and O–H groups in total. The zero-order chi connectivity index (χ0) is 14.7. The molecule has 0 atom stereocenters. The molecule has 0 aliphatic rings. The molecule has 0 radical (unpaired) electrons. The average Bonchev–Trinajstić information content (AvgIpc) is 2.43. The molecule has 2 rings (SSSR count). The van der Waals surface area contributed by atoms with Gasteiger partial charge in [-0.25, -0.2) is 0 Å². The van der Waals surface area contributed by atoms with Crippen molar-refractivity contribution in [1.82, 2.24) is 15.0 Å². The molecule has 6 nitrogen and oxygen atoms in total. The van der Waals surface area contributed by atoms with Gasteiger partial charge in [-0.3, -0.25) is 0 Å². The van der Waals surface area contributed by atoms with Gasteiger partial charge in [-0.2, -0.15) is 15.0 Å². The van der Waals surface area contributed by atoms with Gasteiger partial charge in [0.2, 0.25) is 11.9 Å². The van der Waals surface area contributed by atoms with E-state index >= 15 is 0 Å². The van der Waals surface area contributed by atoms with E-state index in [1.165, 1.54) is 0 Å². The first-order chi connectivity index (χ1) is 9.51. The summed E-state index contributed by atoms with van der Waals surface area (Å²) in [4.78, 5) is 14.2. The van der Waals surface area contributed by atoms with Crippen LogP contribution in [0.15, 0.2) is 18.2 Å². The molecule has 0 unspecified atom stereocenters. The fraction of sp³-hybridized carbons (Fsp3) is 0.250. The summed E-state index contributed by atoms with van der Waals surface area (Å²) in [6.45, 7) is 0. The third-order valence-electron chi connectivity index (χ3n) is 2.34. The van der Waals surface area contributed by atoms with Crippen LogP contribution in [0.5, 0.6) is 11.8 Å². The van der Waals surface area contributed by atoms with Gasteiger partial charge in [0.15, 0.2) is 5.75 Å². The van der Waals surface area contributed by atoms with Crippen LogP contribution in [-0.2, 0) is 0 Å². The van der Waals surface area contributed by atoms with Gasteiger partial charge < -0.3 is 15.0 Å². The van der Waals surface area contributed by atoms with Gasteiger partial charge in [-0.05, 0) is 12.1 Å². The second kappa shape index (κ2) is 6.11. The lowest BCUT2D eigenvalue weighted by atomic mass is 10.3. The Morgan fingerprint density at radius 3 is 2.55 bits per heavy atom. The van der Waals surface area contributed by atoms with Gasteiger partial charge >= 0.3 is 6.01 Å². The molecule has 8 heteroatoms. The van der Waals surface area contributed by atoms with Crippen molar-refractivity contribution < 1.29 is 4.74 Å². The minimum Gasteiger partial charge on any atom is -0.422 e. The fourth-order valence-corrected chi connectivity index (χ4v) is 1.69. The Balaban J connectivity index is 2.37. The van der Waals surface area contributed by atoms with Crippen LogP contribution in [0.1, 0.15) is 0 Å². The second-order valence-corrected chi connectivity index (χ2v) is 4.83. The van der Waals surface area contributed by atoms with Gasteiger partial charge in [-0.1, -0.05) is 29.3 Å². The molecule has 1 aromatic carbocycles. The summed E-state index contributed by atoms with van der Waals surface area (Å²) in [5, 5.41) is 3.56. The van der Waals surface area contributed by atoms with E-state index in [0.717, 1.165) is 0 Å². The maximum atomic E-state index is 6.06. The van der Waals surface area contributed by atoms with E-state index in [4.69, 9.17) is 27.9 Å². The summed E-state index contributed by atoms with van der Waals surface area (Å²) in [7, 11) is 5.36. The van der Waals surface area contributed by atoms with Crippen LogP contribution in [0.2, 0.25) is 10.0 Å². The molecule has 0 aliphatic carbocycles. The monoisotopic (exact) mass is 313 g/mol. The number of benzene rings is 1. The number of halogens is 2. The first-order valence-electron chi connectivity index (χ1n) is 5.74. The van der Waals surface area contributed by atoms with Gasteiger partial charge in [0, 0.05) is 21.1 Å². The molecule has 20 heavy (non-hydrogen) atoms. The van der Waals surface area contributed by atoms with Crippen LogP contribution in [0.25, 0.3) is 0 Å². The number of nitrogens with zero attached hydrogens (tertiary/aromatic N) is 4. The molecule has 1 aromatic heterocycles. The standard InChI is InChI=1S/C12H13Cl2N5O/c1-15-10-16-11(19(2)3)18-12(17-10)20-8-6-4-5-7(13)9(8)14/h4-6H,1-3H3,(H,15,16,17,18). The van der Waals surface area contributed by atoms with Gasteiger partial charge in [0.25, 0.3) is 0 Å². The highest BCUT2D eigenvalue weighted by molar-refractivity contribution is 6.42. The molecule has 1 heterocycles. The van der Waals surface area contributed by atoms with E-state index < -0.39 is 0 Å². The van der Waals surface area contributed by atoms with Crippen LogP contribution in [0.3, 0.4) is 0 Å². The zero-order valence-corrected chi connectivity index (χ0v) is 12.7. The fourth-order valence-electron chi connectivity index (χ4n) is 1.36. The van der Waals surface area contributed by atoms with Crippen molar-refractivity contribution in [1.29, 1.82) is 0 Å². The van der Waals surface area contributed by atoms with Crippen LogP contribution in [-0.4, -0.2) is 36.1 Å². The topological polar surface area (TPSA) is 63.2 Å². The lowest BCUT2D eigenvalue weighted by molar-refractivity contribution is 0.441. The molecule has 0 aliphatic heterocycles. The summed E-state index contributed by atoms with van der Waals surface area (Å²) in [5.74, 6) is 1.26. The van der Waals surface area contributed by atoms with Crippen LogP contribution >= 0.6 is 23.2 Å². The molecule has 0 amide bonds. The Morgan fingerprint density at radius 1 is 1.15 bits per heavy atom. The summed E-state index contributed by atoms with van der Waals surface area (Å²) < 4.78 is 5.58. The summed E-state index contributed by atoms with van der Waals surface area (Å²) in [6.07, 6.45) is 0. The highest BCUT2D eigenvalue weighted by atomic mass is 35.5. The van der Waals surface area contributed by atoms with Crippen molar-refractivity contribution in [2.24, 2.45) is 0 Å². The molecule has 106 valence electrons. The zero-order valence-electron chi connectivity index (χ0n) is 11.2. The first kappa shape index (κ1) is 14.6. The van der Waals surface area contributed by atoms with E-state index in [9.17, 15) is 0 Å². The minimum absolute atomic E-state index is 0.136. The Labute approximate surface area is 126 Å². The lowest BCUT2D eigenvalue weighted by Gasteiger charge is -2.13. The van der Waals surface area contributed by atoms with Crippen molar-refractivity contribution in [3.8, 4) is 11.8 Å². The van der Waals surface area contributed by atoms with Gasteiger partial charge in [0.05, 0.1) is 5.02 Å². The third-order valence-corrected chi connectivity index (χ3v) is 3.15. The summed E-state index contributed by atoms with van der Waals surface area (Å²) >= 11 is 12.0. The van der Waals surface area contributed by atoms with Gasteiger partial charge in [-0.15, -0.1) is 0 Å². The molecular formula is C12H13Cl2N5O. The Kier molecular flexibility index (Phi) is 4.46. The maximum absolute atomic E-state index is 6.06. The number of hydrogen-bond donors (Lipinski definition) is 1. The summed E-state index contributed by atoms with van der Waals surface area (Å²) in [5.41, 5.74) is 0. The van der Waals surface area contributed by atoms with Gasteiger partial charge in [0.1, 0.15) is 5.02 Å². The van der Waals surface area contributed by atoms with Crippen molar-refractivity contribution in [3.63, 3.8) is 0 Å². The second-order valence-electron chi connectivity index (χ2n) is 4.04. The Hall–Kier alpha value is -1.79. The van der Waals surface area contributed by atoms with Crippen LogP contribution in [0.4, 0.5) is 11.9 Å². The SMILES string of the molecule is CNc1nc(Oc2cccc(Cl)c2Cl)nc(N(C)C)n1. The van der Waals surface area contributed by atoms with Crippen molar-refractivity contribution in [3.05, 3.63) is 28.2 Å². The van der Waals surface area contributed by atoms with Crippen molar-refractivity contribution in [2.75, 3.05) is 31.4 Å². The molecule has 0 saturated carbocycles. The quantitative estimate of drug-likeness (QED) is 0.936. The van der Waals surface area contributed by atoms with E-state index in [2.05, 4.69) is 20.3 Å². The Morgan fingerprint density at radius 2 is 1.90 bits per heavy atom. The highest BCUT2D eigenvalue weighted by Crippen LogP contribution is 2.33. The number of rotatable bonds is 4. The van der Waals surface area contributed by atoms with E-state index in [1.54, 1.807) is 30.1 Å². The average molecular weight is 314 g/mol. The molecule has 0 bridgehead atoms. The van der Waals surface area contributed by atoms with E-state index in [1.807, 2.05) is 14.1 Å². The Bertz CT molecular complexity index is 621. The third kappa shape index (κ3) is 3.20. The predicted molar refractivity (Wildman–Crippen MR) is 80.2 cm³/mol. The molecule has 0 saturated heterocycles. The van der Waals surface area contributed by atoms with Crippen molar-refractivity contribution >= 4 is 35.1 Å². The maximum Gasteiger partial charge on any atom is 0.328 e. The number of hydrogen-bond acceptors (Lipinski definition) is 6. The molecule has 0 spiro atoms. The lowest BCUT2D eigenvalue weighted by Crippen LogP contribution is -2.15. The minimum atomic E-state index is 0.136. The number of ether oxygens (including phenoxy) is 1. The largest absolute Gasteiger partial charge is 0.422 e. The van der Waals surface area contributed by atoms with E-state index in [0.29, 0.717) is 27.7 Å². The molecule has 0 fully saturated rings. The first-order valence-corrected chi connectivity index (χ1v) is 6.50. The van der Waals surface area contributed by atoms with Crippen LogP contribution in [0, 0.1) is 0 Å². The number of aromatic nitrogens is 3. The molecule has 2 aromatic rings. The number of anilines is 2. The molecular weight excluding hydrogens is 301 g/mol. The van der Waals surface area contributed by atoms with E-state index in [-0.39, 0.29) is 6.01 Å². The summed E-state index contributed by atoms with van der Waals surface area (Å²) in [6, 6.07) is 5.23.